The Bertz CT molecular complexity index is 481. The average molecular weight is 337 g/mol. The summed E-state index contributed by atoms with van der Waals surface area (Å²) >= 11 is 3.59. The molecule has 108 valence electrons. The smallest absolute Gasteiger partial charge is 0.240 e. The van der Waals surface area contributed by atoms with Crippen LogP contribution in [0, 0.1) is 0 Å². The number of piperidine rings is 1. The Balaban J connectivity index is 1.72. The summed E-state index contributed by atoms with van der Waals surface area (Å²) in [7, 11) is 0. The van der Waals surface area contributed by atoms with Crippen LogP contribution in [-0.2, 0) is 11.3 Å². The Labute approximate surface area is 128 Å². The number of nitrogens with zero attached hydrogens (tertiary/aromatic N) is 1. The first-order chi connectivity index (χ1) is 9.75. The lowest BCUT2D eigenvalue weighted by molar-refractivity contribution is -0.135. The maximum absolute atomic E-state index is 12.7. The summed E-state index contributed by atoms with van der Waals surface area (Å²) in [6.45, 7) is 1.70. The van der Waals surface area contributed by atoms with Crippen molar-refractivity contribution in [3.05, 3.63) is 34.3 Å². The lowest BCUT2D eigenvalue weighted by atomic mass is 10.0. The zero-order chi connectivity index (χ0) is 13.9. The van der Waals surface area contributed by atoms with Crippen LogP contribution >= 0.6 is 15.9 Å². The van der Waals surface area contributed by atoms with Gasteiger partial charge in [0.1, 0.15) is 0 Å². The van der Waals surface area contributed by atoms with Gasteiger partial charge in [0, 0.05) is 17.1 Å². The van der Waals surface area contributed by atoms with Gasteiger partial charge < -0.3 is 10.2 Å². The average Bonchev–Trinajstić information content (AvgIpc) is 3.31. The maximum Gasteiger partial charge on any atom is 0.240 e. The molecule has 3 rings (SSSR count). The lowest BCUT2D eigenvalue weighted by Crippen LogP contribution is -2.49. The monoisotopic (exact) mass is 336 g/mol. The zero-order valence-corrected chi connectivity index (χ0v) is 13.2. The van der Waals surface area contributed by atoms with Gasteiger partial charge in [0.05, 0.1) is 6.04 Å². The molecule has 1 heterocycles. The molecule has 1 saturated heterocycles. The molecule has 1 aromatic carbocycles. The maximum atomic E-state index is 12.7. The minimum atomic E-state index is 0.0341. The van der Waals surface area contributed by atoms with Gasteiger partial charge in [-0.3, -0.25) is 4.79 Å². The number of hydrogen-bond donors (Lipinski definition) is 1. The van der Waals surface area contributed by atoms with Crippen molar-refractivity contribution in [2.45, 2.75) is 50.7 Å². The van der Waals surface area contributed by atoms with Crippen molar-refractivity contribution in [1.29, 1.82) is 0 Å². The van der Waals surface area contributed by atoms with Gasteiger partial charge in [0.15, 0.2) is 0 Å². The second kappa shape index (κ2) is 6.27. The third-order valence-corrected chi connectivity index (χ3v) is 4.95. The summed E-state index contributed by atoms with van der Waals surface area (Å²) in [5, 5.41) is 3.38. The van der Waals surface area contributed by atoms with E-state index in [0.29, 0.717) is 11.9 Å². The van der Waals surface area contributed by atoms with Crippen LogP contribution in [0.15, 0.2) is 28.7 Å². The minimum absolute atomic E-state index is 0.0341. The molecule has 4 heteroatoms. The van der Waals surface area contributed by atoms with E-state index in [1.807, 2.05) is 18.2 Å². The topological polar surface area (TPSA) is 32.3 Å². The van der Waals surface area contributed by atoms with E-state index in [4.69, 9.17) is 0 Å². The molecule has 1 amide bonds. The molecule has 2 fully saturated rings. The molecule has 1 aliphatic heterocycles. The van der Waals surface area contributed by atoms with Crippen molar-refractivity contribution in [2.75, 3.05) is 6.54 Å². The number of rotatable bonds is 4. The molecule has 20 heavy (non-hydrogen) atoms. The van der Waals surface area contributed by atoms with Crippen LogP contribution in [0.4, 0.5) is 0 Å². The third-order valence-electron chi connectivity index (χ3n) is 4.18. The Morgan fingerprint density at radius 2 is 2.05 bits per heavy atom. The molecular formula is C16H21BrN2O. The summed E-state index contributed by atoms with van der Waals surface area (Å²) in [6, 6.07) is 8.68. The highest BCUT2D eigenvalue weighted by Gasteiger charge is 2.36. The Kier molecular flexibility index (Phi) is 4.41. The predicted octanol–water partition coefficient (Wildman–Crippen LogP) is 3.08. The van der Waals surface area contributed by atoms with Crippen LogP contribution in [-0.4, -0.2) is 29.4 Å². The van der Waals surface area contributed by atoms with E-state index < -0.39 is 0 Å². The molecule has 0 bridgehead atoms. The molecule has 0 aromatic heterocycles. The second-order valence-corrected chi connectivity index (χ2v) is 6.65. The van der Waals surface area contributed by atoms with E-state index in [-0.39, 0.29) is 6.04 Å². The second-order valence-electron chi connectivity index (χ2n) is 5.79. The fourth-order valence-corrected chi connectivity index (χ4v) is 3.26. The van der Waals surface area contributed by atoms with E-state index in [9.17, 15) is 4.79 Å². The van der Waals surface area contributed by atoms with Crippen molar-refractivity contribution in [3.8, 4) is 0 Å². The van der Waals surface area contributed by atoms with E-state index in [1.54, 1.807) is 0 Å². The summed E-state index contributed by atoms with van der Waals surface area (Å²) in [5.74, 6) is 0.294. The van der Waals surface area contributed by atoms with Crippen molar-refractivity contribution in [3.63, 3.8) is 0 Å². The van der Waals surface area contributed by atoms with Gasteiger partial charge in [0.2, 0.25) is 5.91 Å². The first kappa shape index (κ1) is 14.1. The molecule has 1 N–H and O–H groups in total. The molecular weight excluding hydrogens is 316 g/mol. The molecule has 1 atom stereocenters. The number of amides is 1. The standard InChI is InChI=1S/C16H21BrN2O/c17-14-6-2-1-5-12(14)11-19(13-8-9-13)16(20)15-7-3-4-10-18-15/h1-2,5-6,13,15,18H,3-4,7-11H2/t15-/m1/s1. The number of carbonyl (C=O) groups is 1. The molecule has 2 aliphatic rings. The molecule has 3 nitrogen and oxygen atoms in total. The predicted molar refractivity (Wildman–Crippen MR) is 83.4 cm³/mol. The van der Waals surface area contributed by atoms with E-state index in [1.165, 1.54) is 12.0 Å². The Hall–Kier alpha value is -0.870. The van der Waals surface area contributed by atoms with Crippen molar-refractivity contribution in [2.24, 2.45) is 0 Å². The summed E-state index contributed by atoms with van der Waals surface area (Å²) < 4.78 is 1.09. The van der Waals surface area contributed by atoms with Crippen LogP contribution in [0.2, 0.25) is 0 Å². The van der Waals surface area contributed by atoms with Crippen LogP contribution in [0.1, 0.15) is 37.7 Å². The van der Waals surface area contributed by atoms with Gasteiger partial charge in [-0.05, 0) is 43.9 Å². The lowest BCUT2D eigenvalue weighted by Gasteiger charge is -2.30. The number of carbonyl (C=O) groups excluding carboxylic acids is 1. The number of hydrogen-bond acceptors (Lipinski definition) is 2. The van der Waals surface area contributed by atoms with Gasteiger partial charge in [-0.1, -0.05) is 40.5 Å². The van der Waals surface area contributed by atoms with Gasteiger partial charge in [-0.2, -0.15) is 0 Å². The summed E-state index contributed by atoms with van der Waals surface area (Å²) in [4.78, 5) is 14.8. The van der Waals surface area contributed by atoms with Crippen LogP contribution < -0.4 is 5.32 Å². The van der Waals surface area contributed by atoms with Crippen molar-refractivity contribution >= 4 is 21.8 Å². The molecule has 0 radical (unpaired) electrons. The first-order valence-electron chi connectivity index (χ1n) is 7.53. The molecule has 1 aromatic rings. The summed E-state index contributed by atoms with van der Waals surface area (Å²) in [5.41, 5.74) is 1.20. The normalized spacial score (nSPS) is 22.6. The fourth-order valence-electron chi connectivity index (χ4n) is 2.85. The van der Waals surface area contributed by atoms with Crippen LogP contribution in [0.5, 0.6) is 0 Å². The quantitative estimate of drug-likeness (QED) is 0.916. The number of benzene rings is 1. The molecule has 0 unspecified atom stereocenters. The molecule has 1 saturated carbocycles. The van der Waals surface area contributed by atoms with E-state index >= 15 is 0 Å². The Morgan fingerprint density at radius 3 is 2.70 bits per heavy atom. The third kappa shape index (κ3) is 3.23. The largest absolute Gasteiger partial charge is 0.334 e. The van der Waals surface area contributed by atoms with Gasteiger partial charge in [-0.25, -0.2) is 0 Å². The zero-order valence-electron chi connectivity index (χ0n) is 11.6. The van der Waals surface area contributed by atoms with Gasteiger partial charge in [0.25, 0.3) is 0 Å². The molecule has 1 aliphatic carbocycles. The highest BCUT2D eigenvalue weighted by molar-refractivity contribution is 9.10. The van der Waals surface area contributed by atoms with Gasteiger partial charge >= 0.3 is 0 Å². The highest BCUT2D eigenvalue weighted by atomic mass is 79.9. The molecule has 0 spiro atoms. The Morgan fingerprint density at radius 1 is 1.25 bits per heavy atom. The van der Waals surface area contributed by atoms with Crippen molar-refractivity contribution < 1.29 is 4.79 Å². The fraction of sp³-hybridized carbons (Fsp3) is 0.562. The SMILES string of the molecule is O=C([C@H]1CCCCN1)N(Cc1ccccc1Br)C1CC1. The van der Waals surface area contributed by atoms with E-state index in [0.717, 1.165) is 43.2 Å². The van der Waals surface area contributed by atoms with Crippen LogP contribution in [0.3, 0.4) is 0 Å². The first-order valence-corrected chi connectivity index (χ1v) is 8.32. The van der Waals surface area contributed by atoms with Crippen molar-refractivity contribution in [1.82, 2.24) is 10.2 Å². The summed E-state index contributed by atoms with van der Waals surface area (Å²) in [6.07, 6.45) is 5.65. The number of nitrogens with one attached hydrogen (secondary N) is 1. The van der Waals surface area contributed by atoms with Gasteiger partial charge in [-0.15, -0.1) is 0 Å². The van der Waals surface area contributed by atoms with Crippen LogP contribution in [0.25, 0.3) is 0 Å². The highest BCUT2D eigenvalue weighted by Crippen LogP contribution is 2.31. The number of halogens is 1. The minimum Gasteiger partial charge on any atom is -0.334 e. The van der Waals surface area contributed by atoms with E-state index in [2.05, 4.69) is 32.2 Å².